The Morgan fingerprint density at radius 1 is 0.971 bits per heavy atom. The topological polar surface area (TPSA) is 37.7 Å². The standard InChI is InChI=1S/C29H35N3O2S/c1-22(2)21-32-27-20-24(10-8-23(27)9-11-29(32)33)34-18-4-3-13-30-14-16-31(17-15-30)26-6-5-7-28-25(26)12-19-35-28/h5-12,19-20,22H,3-4,13-18,21H2,1-2H3. The van der Waals surface area contributed by atoms with Gasteiger partial charge in [-0.15, -0.1) is 11.3 Å². The van der Waals surface area contributed by atoms with Gasteiger partial charge < -0.3 is 14.2 Å². The molecule has 3 heterocycles. The summed E-state index contributed by atoms with van der Waals surface area (Å²) in [6.07, 6.45) is 2.16. The highest BCUT2D eigenvalue weighted by Gasteiger charge is 2.18. The fraction of sp³-hybridized carbons (Fsp3) is 0.414. The number of fused-ring (bicyclic) bond motifs is 2. The predicted octanol–water partition coefficient (Wildman–Crippen LogP) is 5.85. The average Bonchev–Trinajstić information content (AvgIpc) is 3.35. The summed E-state index contributed by atoms with van der Waals surface area (Å²) in [6, 6.07) is 18.6. The van der Waals surface area contributed by atoms with Crippen molar-refractivity contribution in [2.24, 2.45) is 5.92 Å². The van der Waals surface area contributed by atoms with Crippen molar-refractivity contribution in [2.45, 2.75) is 33.2 Å². The molecule has 1 saturated heterocycles. The van der Waals surface area contributed by atoms with E-state index in [2.05, 4.69) is 59.4 Å². The molecule has 0 unspecified atom stereocenters. The van der Waals surface area contributed by atoms with Crippen molar-refractivity contribution >= 4 is 38.0 Å². The maximum absolute atomic E-state index is 12.4. The highest BCUT2D eigenvalue weighted by atomic mass is 32.1. The highest BCUT2D eigenvalue weighted by molar-refractivity contribution is 7.17. The third kappa shape index (κ3) is 5.54. The van der Waals surface area contributed by atoms with Crippen molar-refractivity contribution in [1.82, 2.24) is 9.47 Å². The SMILES string of the molecule is CC(C)Cn1c(=O)ccc2ccc(OCCCCN3CCN(c4cccc5sccc45)CC3)cc21. The third-order valence-corrected chi connectivity index (χ3v) is 7.72. The van der Waals surface area contributed by atoms with Crippen LogP contribution in [0.15, 0.2) is 64.8 Å². The summed E-state index contributed by atoms with van der Waals surface area (Å²) in [5.74, 6) is 1.26. The number of nitrogens with zero attached hydrogens (tertiary/aromatic N) is 3. The summed E-state index contributed by atoms with van der Waals surface area (Å²) in [5, 5.41) is 4.65. The molecule has 0 bridgehead atoms. The largest absolute Gasteiger partial charge is 0.494 e. The van der Waals surface area contributed by atoms with Gasteiger partial charge in [0.15, 0.2) is 0 Å². The summed E-state index contributed by atoms with van der Waals surface area (Å²) in [4.78, 5) is 17.5. The maximum Gasteiger partial charge on any atom is 0.251 e. The van der Waals surface area contributed by atoms with E-state index in [1.54, 1.807) is 6.07 Å². The summed E-state index contributed by atoms with van der Waals surface area (Å²) >= 11 is 1.82. The number of rotatable bonds is 9. The average molecular weight is 490 g/mol. The maximum atomic E-state index is 12.4. The molecule has 0 atom stereocenters. The Hall–Kier alpha value is -2.83. The molecule has 1 fully saturated rings. The number of anilines is 1. The molecule has 0 N–H and O–H groups in total. The molecule has 5 rings (SSSR count). The van der Waals surface area contributed by atoms with Gasteiger partial charge in [-0.2, -0.15) is 0 Å². The lowest BCUT2D eigenvalue weighted by Gasteiger charge is -2.36. The van der Waals surface area contributed by atoms with Gasteiger partial charge in [-0.3, -0.25) is 9.69 Å². The summed E-state index contributed by atoms with van der Waals surface area (Å²) < 4.78 is 9.31. The van der Waals surface area contributed by atoms with Crippen LogP contribution in [0.3, 0.4) is 0 Å². The van der Waals surface area contributed by atoms with Gasteiger partial charge in [-0.1, -0.05) is 19.9 Å². The molecule has 0 spiro atoms. The Morgan fingerprint density at radius 3 is 2.63 bits per heavy atom. The minimum Gasteiger partial charge on any atom is -0.494 e. The number of pyridine rings is 1. The molecule has 1 aliphatic rings. The lowest BCUT2D eigenvalue weighted by atomic mass is 10.1. The van der Waals surface area contributed by atoms with E-state index in [1.165, 1.54) is 15.8 Å². The van der Waals surface area contributed by atoms with Gasteiger partial charge in [0.25, 0.3) is 5.56 Å². The number of piperazine rings is 1. The number of benzene rings is 2. The molecule has 35 heavy (non-hydrogen) atoms. The Labute approximate surface area is 211 Å². The predicted molar refractivity (Wildman–Crippen MR) is 148 cm³/mol. The zero-order valence-corrected chi connectivity index (χ0v) is 21.6. The molecule has 2 aromatic heterocycles. The van der Waals surface area contributed by atoms with Crippen molar-refractivity contribution in [3.63, 3.8) is 0 Å². The van der Waals surface area contributed by atoms with E-state index in [9.17, 15) is 4.79 Å². The van der Waals surface area contributed by atoms with Crippen molar-refractivity contribution in [2.75, 3.05) is 44.2 Å². The minimum atomic E-state index is 0.0513. The van der Waals surface area contributed by atoms with Crippen LogP contribution in [-0.4, -0.2) is 48.8 Å². The molecule has 0 aliphatic carbocycles. The molecule has 0 amide bonds. The van der Waals surface area contributed by atoms with Crippen LogP contribution in [0.5, 0.6) is 5.75 Å². The molecular weight excluding hydrogens is 454 g/mol. The normalized spacial score (nSPS) is 14.9. The first kappa shape index (κ1) is 23.9. The van der Waals surface area contributed by atoms with Crippen LogP contribution in [0.4, 0.5) is 5.69 Å². The van der Waals surface area contributed by atoms with E-state index >= 15 is 0 Å². The van der Waals surface area contributed by atoms with Crippen LogP contribution >= 0.6 is 11.3 Å². The smallest absolute Gasteiger partial charge is 0.251 e. The molecule has 2 aromatic carbocycles. The first-order valence-electron chi connectivity index (χ1n) is 12.8. The summed E-state index contributed by atoms with van der Waals surface area (Å²) in [5.41, 5.74) is 2.39. The van der Waals surface area contributed by atoms with E-state index < -0.39 is 0 Å². The van der Waals surface area contributed by atoms with Gasteiger partial charge in [-0.25, -0.2) is 0 Å². The van der Waals surface area contributed by atoms with Crippen molar-refractivity contribution in [1.29, 1.82) is 0 Å². The third-order valence-electron chi connectivity index (χ3n) is 6.84. The highest BCUT2D eigenvalue weighted by Crippen LogP contribution is 2.31. The van der Waals surface area contributed by atoms with Crippen molar-refractivity contribution < 1.29 is 4.74 Å². The van der Waals surface area contributed by atoms with Crippen molar-refractivity contribution in [3.05, 3.63) is 70.3 Å². The van der Waals surface area contributed by atoms with Crippen molar-refractivity contribution in [3.8, 4) is 5.75 Å². The van der Waals surface area contributed by atoms with E-state index in [0.29, 0.717) is 12.5 Å². The van der Waals surface area contributed by atoms with Gasteiger partial charge in [0, 0.05) is 60.6 Å². The van der Waals surface area contributed by atoms with Gasteiger partial charge >= 0.3 is 0 Å². The van der Waals surface area contributed by atoms with E-state index in [4.69, 9.17) is 4.74 Å². The number of aromatic nitrogens is 1. The molecule has 1 aliphatic heterocycles. The van der Waals surface area contributed by atoms with Gasteiger partial charge in [0.05, 0.1) is 12.1 Å². The van der Waals surface area contributed by atoms with Gasteiger partial charge in [-0.05, 0) is 72.5 Å². The minimum absolute atomic E-state index is 0.0513. The quantitative estimate of drug-likeness (QED) is 0.276. The number of unbranched alkanes of at least 4 members (excludes halogenated alkanes) is 1. The Kier molecular flexibility index (Phi) is 7.40. The lowest BCUT2D eigenvalue weighted by Crippen LogP contribution is -2.46. The van der Waals surface area contributed by atoms with Crippen LogP contribution in [-0.2, 0) is 6.54 Å². The Bertz CT molecular complexity index is 1330. The van der Waals surface area contributed by atoms with Crippen LogP contribution in [0.25, 0.3) is 21.0 Å². The molecule has 184 valence electrons. The van der Waals surface area contributed by atoms with Gasteiger partial charge in [0.1, 0.15) is 5.75 Å². The lowest BCUT2D eigenvalue weighted by molar-refractivity contribution is 0.239. The molecular formula is C29H35N3O2S. The van der Waals surface area contributed by atoms with Crippen LogP contribution in [0.2, 0.25) is 0 Å². The molecule has 0 saturated carbocycles. The first-order chi connectivity index (χ1) is 17.1. The summed E-state index contributed by atoms with van der Waals surface area (Å²) in [6.45, 7) is 11.2. The number of hydrogen-bond acceptors (Lipinski definition) is 5. The fourth-order valence-corrected chi connectivity index (χ4v) is 5.81. The van der Waals surface area contributed by atoms with E-state index in [1.807, 2.05) is 34.1 Å². The number of hydrogen-bond donors (Lipinski definition) is 0. The second-order valence-electron chi connectivity index (χ2n) is 9.89. The second kappa shape index (κ2) is 10.8. The molecule has 6 heteroatoms. The fourth-order valence-electron chi connectivity index (χ4n) is 5.00. The van der Waals surface area contributed by atoms with Crippen LogP contribution in [0, 0.1) is 5.92 Å². The molecule has 4 aromatic rings. The first-order valence-corrected chi connectivity index (χ1v) is 13.7. The second-order valence-corrected chi connectivity index (χ2v) is 10.8. The van der Waals surface area contributed by atoms with Crippen LogP contribution < -0.4 is 15.2 Å². The summed E-state index contributed by atoms with van der Waals surface area (Å²) in [7, 11) is 0. The Morgan fingerprint density at radius 2 is 1.80 bits per heavy atom. The number of ether oxygens (including phenoxy) is 1. The molecule has 5 nitrogen and oxygen atoms in total. The number of thiophene rings is 1. The van der Waals surface area contributed by atoms with E-state index in [-0.39, 0.29) is 5.56 Å². The Balaban J connectivity index is 1.08. The van der Waals surface area contributed by atoms with Gasteiger partial charge in [0.2, 0.25) is 0 Å². The molecule has 0 radical (unpaired) electrons. The zero-order valence-electron chi connectivity index (χ0n) is 20.8. The van der Waals surface area contributed by atoms with E-state index in [0.717, 1.165) is 68.8 Å². The van der Waals surface area contributed by atoms with Crippen LogP contribution in [0.1, 0.15) is 26.7 Å². The monoisotopic (exact) mass is 489 g/mol. The zero-order chi connectivity index (χ0) is 24.2.